The Labute approximate surface area is 125 Å². The Bertz CT molecular complexity index is 591. The number of benzene rings is 1. The second-order valence-corrected chi connectivity index (χ2v) is 5.34. The monoisotopic (exact) mass is 289 g/mol. The zero-order valence-electron chi connectivity index (χ0n) is 13.0. The second-order valence-electron chi connectivity index (χ2n) is 5.34. The predicted octanol–water partition coefficient (Wildman–Crippen LogP) is 3.29. The molecule has 4 heteroatoms. The molecule has 0 saturated carbocycles. The van der Waals surface area contributed by atoms with Crippen molar-refractivity contribution >= 4 is 0 Å². The Balaban J connectivity index is 2.01. The van der Waals surface area contributed by atoms with Gasteiger partial charge in [0.1, 0.15) is 17.3 Å². The fourth-order valence-electron chi connectivity index (χ4n) is 2.30. The third-order valence-corrected chi connectivity index (χ3v) is 3.55. The van der Waals surface area contributed by atoms with Gasteiger partial charge in [0.2, 0.25) is 0 Å². The molecular weight excluding hydrogens is 266 g/mol. The van der Waals surface area contributed by atoms with Crippen molar-refractivity contribution < 1.29 is 14.3 Å². The number of furan rings is 1. The molecule has 0 fully saturated rings. The molecule has 0 spiro atoms. The number of hydrogen-bond donors (Lipinski definition) is 2. The average molecular weight is 289 g/mol. The van der Waals surface area contributed by atoms with Crippen LogP contribution in [0.4, 0.5) is 0 Å². The maximum atomic E-state index is 10.4. The Morgan fingerprint density at radius 3 is 2.62 bits per heavy atom. The largest absolute Gasteiger partial charge is 0.496 e. The number of methoxy groups -OCH3 is 1. The molecule has 1 aromatic carbocycles. The van der Waals surface area contributed by atoms with Crippen LogP contribution in [-0.4, -0.2) is 18.8 Å². The van der Waals surface area contributed by atoms with Crippen LogP contribution in [0.25, 0.3) is 0 Å². The molecule has 1 aromatic heterocycles. The Kier molecular flexibility index (Phi) is 5.04. The molecule has 0 aliphatic rings. The number of aliphatic hydroxyl groups excluding tert-OH is 1. The van der Waals surface area contributed by atoms with Gasteiger partial charge in [-0.05, 0) is 45.0 Å². The molecule has 0 aliphatic carbocycles. The first-order valence-corrected chi connectivity index (χ1v) is 7.13. The molecule has 2 rings (SSSR count). The Hall–Kier alpha value is -1.78. The van der Waals surface area contributed by atoms with Crippen molar-refractivity contribution in [2.24, 2.45) is 0 Å². The molecule has 2 atom stereocenters. The van der Waals surface area contributed by atoms with E-state index in [-0.39, 0.29) is 6.04 Å². The molecule has 4 nitrogen and oxygen atoms in total. The fourth-order valence-corrected chi connectivity index (χ4v) is 2.30. The highest BCUT2D eigenvalue weighted by Crippen LogP contribution is 2.26. The molecule has 0 bridgehead atoms. The molecule has 2 unspecified atom stereocenters. The number of hydrogen-bond acceptors (Lipinski definition) is 4. The van der Waals surface area contributed by atoms with Crippen molar-refractivity contribution in [3.63, 3.8) is 0 Å². The fraction of sp³-hybridized carbons (Fsp3) is 0.412. The quantitative estimate of drug-likeness (QED) is 0.857. The summed E-state index contributed by atoms with van der Waals surface area (Å²) in [4.78, 5) is 0. The van der Waals surface area contributed by atoms with Crippen LogP contribution in [0.1, 0.15) is 41.7 Å². The average Bonchev–Trinajstić information content (AvgIpc) is 2.91. The SMILES string of the molecule is COc1ccc(C)cc1C(O)CNC(C)c1ccc(C)o1. The zero-order valence-corrected chi connectivity index (χ0v) is 13.0. The van der Waals surface area contributed by atoms with Gasteiger partial charge < -0.3 is 19.6 Å². The van der Waals surface area contributed by atoms with Crippen molar-refractivity contribution in [3.8, 4) is 5.75 Å². The minimum absolute atomic E-state index is 0.0455. The van der Waals surface area contributed by atoms with E-state index in [2.05, 4.69) is 5.32 Å². The number of rotatable bonds is 6. The number of aryl methyl sites for hydroxylation is 2. The molecule has 1 heterocycles. The van der Waals surface area contributed by atoms with Crippen molar-refractivity contribution in [1.82, 2.24) is 5.32 Å². The van der Waals surface area contributed by atoms with Gasteiger partial charge in [0.25, 0.3) is 0 Å². The first-order chi connectivity index (χ1) is 10.0. The van der Waals surface area contributed by atoms with Crippen LogP contribution < -0.4 is 10.1 Å². The molecular formula is C17H23NO3. The van der Waals surface area contributed by atoms with Crippen LogP contribution in [0.2, 0.25) is 0 Å². The zero-order chi connectivity index (χ0) is 15.4. The minimum atomic E-state index is -0.627. The highest BCUT2D eigenvalue weighted by molar-refractivity contribution is 5.38. The van der Waals surface area contributed by atoms with E-state index in [1.807, 2.05) is 51.1 Å². The summed E-state index contributed by atoms with van der Waals surface area (Å²) in [7, 11) is 1.61. The highest BCUT2D eigenvalue weighted by Gasteiger charge is 2.16. The lowest BCUT2D eigenvalue weighted by molar-refractivity contribution is 0.165. The van der Waals surface area contributed by atoms with Crippen molar-refractivity contribution in [1.29, 1.82) is 0 Å². The van der Waals surface area contributed by atoms with Crippen molar-refractivity contribution in [3.05, 3.63) is 53.0 Å². The van der Waals surface area contributed by atoms with Crippen LogP contribution in [0.15, 0.2) is 34.7 Å². The van der Waals surface area contributed by atoms with Gasteiger partial charge in [-0.15, -0.1) is 0 Å². The molecule has 21 heavy (non-hydrogen) atoms. The third kappa shape index (κ3) is 3.86. The molecule has 0 saturated heterocycles. The van der Waals surface area contributed by atoms with E-state index < -0.39 is 6.10 Å². The summed E-state index contributed by atoms with van der Waals surface area (Å²) in [6, 6.07) is 9.74. The highest BCUT2D eigenvalue weighted by atomic mass is 16.5. The summed E-state index contributed by atoms with van der Waals surface area (Å²) in [5, 5.41) is 13.7. The standard InChI is InChI=1S/C17H23NO3/c1-11-5-7-17(20-4)14(9-11)15(19)10-18-13(3)16-8-6-12(2)21-16/h5-9,13,15,18-19H,10H2,1-4H3. The van der Waals surface area contributed by atoms with Gasteiger partial charge in [0.05, 0.1) is 19.3 Å². The lowest BCUT2D eigenvalue weighted by atomic mass is 10.0. The summed E-state index contributed by atoms with van der Waals surface area (Å²) in [6.07, 6.45) is -0.627. The Morgan fingerprint density at radius 2 is 2.00 bits per heavy atom. The second kappa shape index (κ2) is 6.78. The number of aliphatic hydroxyl groups is 1. The van der Waals surface area contributed by atoms with E-state index in [9.17, 15) is 5.11 Å². The van der Waals surface area contributed by atoms with Crippen molar-refractivity contribution in [2.45, 2.75) is 32.9 Å². The summed E-state index contributed by atoms with van der Waals surface area (Å²) in [5.74, 6) is 2.46. The molecule has 2 N–H and O–H groups in total. The van der Waals surface area contributed by atoms with E-state index in [0.29, 0.717) is 12.3 Å². The number of ether oxygens (including phenoxy) is 1. The van der Waals surface area contributed by atoms with Gasteiger partial charge >= 0.3 is 0 Å². The molecule has 114 valence electrons. The van der Waals surface area contributed by atoms with Crippen LogP contribution in [0.3, 0.4) is 0 Å². The van der Waals surface area contributed by atoms with Gasteiger partial charge in [-0.2, -0.15) is 0 Å². The van der Waals surface area contributed by atoms with E-state index in [1.54, 1.807) is 7.11 Å². The molecule has 0 amide bonds. The normalized spacial score (nSPS) is 14.0. The molecule has 0 radical (unpaired) electrons. The van der Waals surface area contributed by atoms with Gasteiger partial charge in [-0.25, -0.2) is 0 Å². The lowest BCUT2D eigenvalue weighted by Crippen LogP contribution is -2.24. The summed E-state index contributed by atoms with van der Waals surface area (Å²) >= 11 is 0. The maximum absolute atomic E-state index is 10.4. The topological polar surface area (TPSA) is 54.6 Å². The number of nitrogens with one attached hydrogen (secondary N) is 1. The summed E-state index contributed by atoms with van der Waals surface area (Å²) in [5.41, 5.74) is 1.90. The molecule has 0 aliphatic heterocycles. The van der Waals surface area contributed by atoms with Crippen molar-refractivity contribution in [2.75, 3.05) is 13.7 Å². The van der Waals surface area contributed by atoms with Gasteiger partial charge in [-0.3, -0.25) is 0 Å². The van der Waals surface area contributed by atoms with Gasteiger partial charge in [0, 0.05) is 12.1 Å². The molecule has 2 aromatic rings. The van der Waals surface area contributed by atoms with E-state index in [1.165, 1.54) is 0 Å². The van der Waals surface area contributed by atoms with E-state index in [0.717, 1.165) is 22.6 Å². The van der Waals surface area contributed by atoms with E-state index in [4.69, 9.17) is 9.15 Å². The maximum Gasteiger partial charge on any atom is 0.124 e. The van der Waals surface area contributed by atoms with Crippen LogP contribution in [0.5, 0.6) is 5.75 Å². The van der Waals surface area contributed by atoms with Gasteiger partial charge in [0.15, 0.2) is 0 Å². The first kappa shape index (κ1) is 15.6. The smallest absolute Gasteiger partial charge is 0.124 e. The van der Waals surface area contributed by atoms with Crippen LogP contribution >= 0.6 is 0 Å². The third-order valence-electron chi connectivity index (χ3n) is 3.55. The summed E-state index contributed by atoms with van der Waals surface area (Å²) in [6.45, 7) is 6.36. The van der Waals surface area contributed by atoms with Gasteiger partial charge in [-0.1, -0.05) is 11.6 Å². The predicted molar refractivity (Wildman–Crippen MR) is 82.6 cm³/mol. The summed E-state index contributed by atoms with van der Waals surface area (Å²) < 4.78 is 10.9. The van der Waals surface area contributed by atoms with E-state index >= 15 is 0 Å². The first-order valence-electron chi connectivity index (χ1n) is 7.13. The van der Waals surface area contributed by atoms with Crippen LogP contribution in [-0.2, 0) is 0 Å². The van der Waals surface area contributed by atoms with Crippen LogP contribution in [0, 0.1) is 13.8 Å². The Morgan fingerprint density at radius 1 is 1.24 bits per heavy atom. The minimum Gasteiger partial charge on any atom is -0.496 e. The lowest BCUT2D eigenvalue weighted by Gasteiger charge is -2.18.